The van der Waals surface area contributed by atoms with Gasteiger partial charge in [-0.2, -0.15) is 8.78 Å². The Kier molecular flexibility index (Phi) is 5.51. The summed E-state index contributed by atoms with van der Waals surface area (Å²) in [6, 6.07) is 12.4. The average Bonchev–Trinajstić information content (AvgIpc) is 2.49. The Labute approximate surface area is 134 Å². The summed E-state index contributed by atoms with van der Waals surface area (Å²) < 4.78 is 29.2. The van der Waals surface area contributed by atoms with Gasteiger partial charge in [-0.25, -0.2) is 4.99 Å². The van der Waals surface area contributed by atoms with Gasteiger partial charge in [-0.05, 0) is 43.2 Å². The van der Waals surface area contributed by atoms with Gasteiger partial charge in [0.2, 0.25) is 0 Å². The second-order valence-corrected chi connectivity index (χ2v) is 5.11. The maximum Gasteiger partial charge on any atom is 0.387 e. The molecule has 0 bridgehead atoms. The number of aliphatic imine (C=N–C) groups is 1. The zero-order valence-corrected chi connectivity index (χ0v) is 13.0. The molecule has 0 aromatic heterocycles. The Morgan fingerprint density at radius 3 is 2.61 bits per heavy atom. The van der Waals surface area contributed by atoms with Gasteiger partial charge in [-0.15, -0.1) is 0 Å². The second-order valence-electron chi connectivity index (χ2n) is 5.11. The fraction of sp³-hybridized carbons (Fsp3) is 0.235. The molecule has 0 aliphatic rings. The van der Waals surface area contributed by atoms with Crippen molar-refractivity contribution in [3.05, 3.63) is 59.2 Å². The molecule has 0 atom stereocenters. The lowest BCUT2D eigenvalue weighted by atomic mass is 10.1. The van der Waals surface area contributed by atoms with E-state index in [-0.39, 0.29) is 18.3 Å². The third kappa shape index (κ3) is 4.95. The van der Waals surface area contributed by atoms with Crippen LogP contribution in [0.4, 0.5) is 14.5 Å². The van der Waals surface area contributed by atoms with Gasteiger partial charge in [0.1, 0.15) is 5.75 Å². The van der Waals surface area contributed by atoms with E-state index in [9.17, 15) is 8.78 Å². The minimum absolute atomic E-state index is 0.102. The van der Waals surface area contributed by atoms with Gasteiger partial charge in [0, 0.05) is 11.3 Å². The van der Waals surface area contributed by atoms with E-state index in [4.69, 9.17) is 5.73 Å². The maximum absolute atomic E-state index is 12.4. The fourth-order valence-electron chi connectivity index (χ4n) is 2.02. The molecule has 4 nitrogen and oxygen atoms in total. The van der Waals surface area contributed by atoms with E-state index in [1.165, 1.54) is 11.6 Å². The molecule has 0 amide bonds. The zero-order chi connectivity index (χ0) is 16.8. The highest BCUT2D eigenvalue weighted by Gasteiger charge is 2.08. The molecule has 122 valence electrons. The van der Waals surface area contributed by atoms with Crippen LogP contribution in [0.1, 0.15) is 16.7 Å². The van der Waals surface area contributed by atoms with Crippen LogP contribution in [-0.4, -0.2) is 12.6 Å². The normalized spacial score (nSPS) is 11.6. The second kappa shape index (κ2) is 7.58. The summed E-state index contributed by atoms with van der Waals surface area (Å²) in [6.45, 7) is 1.31. The summed E-state index contributed by atoms with van der Waals surface area (Å²) in [6.07, 6.45) is 0. The molecule has 2 aromatic carbocycles. The Balaban J connectivity index is 2.06. The average molecular weight is 319 g/mol. The molecular formula is C17H19F2N3O. The van der Waals surface area contributed by atoms with Crippen LogP contribution in [0.15, 0.2) is 47.5 Å². The molecule has 2 aromatic rings. The highest BCUT2D eigenvalue weighted by Crippen LogP contribution is 2.21. The molecule has 0 heterocycles. The lowest BCUT2D eigenvalue weighted by Gasteiger charge is -2.10. The summed E-state index contributed by atoms with van der Waals surface area (Å²) in [5, 5.41) is 2.98. The number of nitrogens with two attached hydrogens (primary N) is 1. The lowest BCUT2D eigenvalue weighted by Crippen LogP contribution is -2.22. The van der Waals surface area contributed by atoms with E-state index >= 15 is 0 Å². The van der Waals surface area contributed by atoms with Crippen LogP contribution in [0.3, 0.4) is 0 Å². The van der Waals surface area contributed by atoms with Crippen molar-refractivity contribution in [3.8, 4) is 5.75 Å². The number of nitrogens with one attached hydrogen (secondary N) is 1. The van der Waals surface area contributed by atoms with Crippen LogP contribution >= 0.6 is 0 Å². The number of halogens is 2. The summed E-state index contributed by atoms with van der Waals surface area (Å²) >= 11 is 0. The molecular weight excluding hydrogens is 300 g/mol. The van der Waals surface area contributed by atoms with Crippen molar-refractivity contribution < 1.29 is 13.5 Å². The number of anilines is 1. The van der Waals surface area contributed by atoms with Crippen molar-refractivity contribution in [1.29, 1.82) is 0 Å². The highest BCUT2D eigenvalue weighted by molar-refractivity contribution is 5.92. The van der Waals surface area contributed by atoms with Crippen LogP contribution in [-0.2, 0) is 6.54 Å². The summed E-state index contributed by atoms with van der Waals surface area (Å²) in [5.74, 6) is 0.310. The number of rotatable bonds is 5. The van der Waals surface area contributed by atoms with Crippen molar-refractivity contribution in [2.24, 2.45) is 10.7 Å². The topological polar surface area (TPSA) is 59.6 Å². The SMILES string of the molecule is Cc1ccc(NC(N)=NCc2ccccc2OC(F)F)cc1C. The molecule has 0 aliphatic carbocycles. The number of ether oxygens (including phenoxy) is 1. The summed E-state index contributed by atoms with van der Waals surface area (Å²) in [4.78, 5) is 4.17. The summed E-state index contributed by atoms with van der Waals surface area (Å²) in [5.41, 5.74) is 9.53. The van der Waals surface area contributed by atoms with E-state index in [1.54, 1.807) is 18.2 Å². The quantitative estimate of drug-likeness (QED) is 0.650. The lowest BCUT2D eigenvalue weighted by molar-refractivity contribution is -0.0504. The summed E-state index contributed by atoms with van der Waals surface area (Å²) in [7, 11) is 0. The Morgan fingerprint density at radius 1 is 1.17 bits per heavy atom. The Morgan fingerprint density at radius 2 is 1.91 bits per heavy atom. The first kappa shape index (κ1) is 16.7. The Bertz CT molecular complexity index is 702. The van der Waals surface area contributed by atoms with Gasteiger partial charge in [0.15, 0.2) is 5.96 Å². The van der Waals surface area contributed by atoms with Crippen molar-refractivity contribution in [1.82, 2.24) is 0 Å². The molecule has 0 fully saturated rings. The molecule has 0 spiro atoms. The zero-order valence-electron chi connectivity index (χ0n) is 13.0. The van der Waals surface area contributed by atoms with Crippen LogP contribution in [0.5, 0.6) is 5.75 Å². The molecule has 2 rings (SSSR count). The monoisotopic (exact) mass is 319 g/mol. The highest BCUT2D eigenvalue weighted by atomic mass is 19.3. The van der Waals surface area contributed by atoms with Crippen molar-refractivity contribution in [3.63, 3.8) is 0 Å². The van der Waals surface area contributed by atoms with Crippen molar-refractivity contribution >= 4 is 11.6 Å². The molecule has 0 unspecified atom stereocenters. The number of para-hydroxylation sites is 1. The van der Waals surface area contributed by atoms with E-state index in [0.29, 0.717) is 5.56 Å². The van der Waals surface area contributed by atoms with Gasteiger partial charge < -0.3 is 15.8 Å². The number of nitrogens with zero attached hydrogens (tertiary/aromatic N) is 1. The first-order valence-corrected chi connectivity index (χ1v) is 7.12. The number of hydrogen-bond acceptors (Lipinski definition) is 2. The maximum atomic E-state index is 12.4. The van der Waals surface area contributed by atoms with E-state index in [1.807, 2.05) is 32.0 Å². The van der Waals surface area contributed by atoms with Gasteiger partial charge in [-0.3, -0.25) is 0 Å². The molecule has 0 aliphatic heterocycles. The molecule has 6 heteroatoms. The van der Waals surface area contributed by atoms with Gasteiger partial charge in [0.25, 0.3) is 0 Å². The predicted molar refractivity (Wildman–Crippen MR) is 87.9 cm³/mol. The minimum Gasteiger partial charge on any atom is -0.434 e. The molecule has 0 saturated heterocycles. The molecule has 0 radical (unpaired) electrons. The standard InChI is InChI=1S/C17H19F2N3O/c1-11-7-8-14(9-12(11)2)22-17(20)21-10-13-5-3-4-6-15(13)23-16(18)19/h3-9,16H,10H2,1-2H3,(H3,20,21,22). The third-order valence-corrected chi connectivity index (χ3v) is 3.39. The number of alkyl halides is 2. The van der Waals surface area contributed by atoms with Gasteiger partial charge in [0.05, 0.1) is 6.54 Å². The minimum atomic E-state index is -2.87. The van der Waals surface area contributed by atoms with Crippen LogP contribution < -0.4 is 15.8 Å². The van der Waals surface area contributed by atoms with Gasteiger partial charge in [-0.1, -0.05) is 24.3 Å². The number of guanidine groups is 1. The number of benzene rings is 2. The first-order chi connectivity index (χ1) is 11.0. The predicted octanol–water partition coefficient (Wildman–Crippen LogP) is 3.83. The smallest absolute Gasteiger partial charge is 0.387 e. The van der Waals surface area contributed by atoms with Gasteiger partial charge >= 0.3 is 6.61 Å². The fourth-order valence-corrected chi connectivity index (χ4v) is 2.02. The first-order valence-electron chi connectivity index (χ1n) is 7.12. The van der Waals surface area contributed by atoms with Crippen molar-refractivity contribution in [2.75, 3.05) is 5.32 Å². The number of hydrogen-bond donors (Lipinski definition) is 2. The largest absolute Gasteiger partial charge is 0.434 e. The van der Waals surface area contributed by atoms with Crippen LogP contribution in [0.2, 0.25) is 0 Å². The van der Waals surface area contributed by atoms with Crippen LogP contribution in [0, 0.1) is 13.8 Å². The van der Waals surface area contributed by atoms with E-state index in [2.05, 4.69) is 15.0 Å². The van der Waals surface area contributed by atoms with E-state index in [0.717, 1.165) is 11.3 Å². The van der Waals surface area contributed by atoms with Crippen molar-refractivity contribution in [2.45, 2.75) is 27.0 Å². The Hall–Kier alpha value is -2.63. The number of aryl methyl sites for hydroxylation is 2. The molecule has 0 saturated carbocycles. The molecule has 23 heavy (non-hydrogen) atoms. The third-order valence-electron chi connectivity index (χ3n) is 3.39. The molecule has 3 N–H and O–H groups in total. The van der Waals surface area contributed by atoms with Crippen LogP contribution in [0.25, 0.3) is 0 Å². The van der Waals surface area contributed by atoms with E-state index < -0.39 is 6.61 Å².